The summed E-state index contributed by atoms with van der Waals surface area (Å²) >= 11 is 6.15. The van der Waals surface area contributed by atoms with Crippen LogP contribution in [0.25, 0.3) is 0 Å². The van der Waals surface area contributed by atoms with Crippen LogP contribution in [0.3, 0.4) is 0 Å². The normalized spacial score (nSPS) is 12.9. The predicted molar refractivity (Wildman–Crippen MR) is 201 cm³/mol. The number of terminal acetylenes is 1. The highest BCUT2D eigenvalue weighted by Gasteiger charge is 2.49. The van der Waals surface area contributed by atoms with Crippen LogP contribution in [0.1, 0.15) is 5.56 Å². The third-order valence-electron chi connectivity index (χ3n) is 6.98. The minimum Gasteiger partial charge on any atom is -0.425 e. The minimum absolute atomic E-state index is 0.0833. The molecule has 0 aliphatic carbocycles. The molecule has 1 saturated heterocycles. The molecule has 3 aromatic rings. The molecule has 2 aliphatic heterocycles. The Balaban J connectivity index is 1.37. The van der Waals surface area contributed by atoms with Crippen LogP contribution in [0.15, 0.2) is 71.6 Å². The number of nitrogens with zero attached hydrogens (tertiary/aromatic N) is 2. The number of anilines is 3. The van der Waals surface area contributed by atoms with E-state index in [9.17, 15) is 22.8 Å². The predicted octanol–water partition coefficient (Wildman–Crippen LogP) is 3.58. The standard InChI is InChI=1S/C42H18ClN3O7S/c1-2-3-4-5-6-7-8-9-10-11-12-13-14-15-16-21-30-52-38-27-26-33(54(50,51)44-35-24-19-18-23-34(35)43)31-37(38)46-41(48)39(53-42(46)49)40(47)45-29-28-32-22-17-20-25-36(32)45/h1,17-20,22-27,31,39,44H,28-29H2. The molecule has 0 spiro atoms. The van der Waals surface area contributed by atoms with E-state index in [1.54, 1.807) is 24.3 Å². The van der Waals surface area contributed by atoms with E-state index in [4.69, 9.17) is 27.5 Å². The molecule has 1 unspecified atom stereocenters. The lowest BCUT2D eigenvalue weighted by Crippen LogP contribution is -2.43. The van der Waals surface area contributed by atoms with Gasteiger partial charge in [-0.3, -0.25) is 14.3 Å². The van der Waals surface area contributed by atoms with Gasteiger partial charge in [0.2, 0.25) is 0 Å². The Bertz CT molecular complexity index is 2780. The summed E-state index contributed by atoms with van der Waals surface area (Å²) in [4.78, 5) is 41.9. The number of amides is 3. The number of halogens is 1. The van der Waals surface area contributed by atoms with Crippen LogP contribution in [0.2, 0.25) is 5.02 Å². The number of ether oxygens (including phenoxy) is 2. The maximum Gasteiger partial charge on any atom is 0.422 e. The van der Waals surface area contributed by atoms with Crippen LogP contribution in [0.5, 0.6) is 5.75 Å². The van der Waals surface area contributed by atoms with E-state index in [0.717, 1.165) is 17.7 Å². The largest absolute Gasteiger partial charge is 0.425 e. The number of hydrogen-bond donors (Lipinski definition) is 1. The minimum atomic E-state index is -4.34. The molecule has 1 atom stereocenters. The molecule has 10 nitrogen and oxygen atoms in total. The van der Waals surface area contributed by atoms with Gasteiger partial charge in [-0.05, 0) is 95.7 Å². The number of hydrogen-bond acceptors (Lipinski definition) is 7. The molecule has 1 fully saturated rings. The quantitative estimate of drug-likeness (QED) is 0.303. The molecule has 1 N–H and O–H groups in total. The molecule has 2 aliphatic rings. The number of carbonyl (C=O) groups is 3. The summed E-state index contributed by atoms with van der Waals surface area (Å²) < 4.78 is 39.9. The second-order valence-electron chi connectivity index (χ2n) is 10.2. The first-order chi connectivity index (χ1) is 26.2. The van der Waals surface area contributed by atoms with Crippen molar-refractivity contribution in [3.63, 3.8) is 0 Å². The summed E-state index contributed by atoms with van der Waals surface area (Å²) in [6.07, 6.45) is 4.73. The number of benzene rings is 3. The van der Waals surface area contributed by atoms with E-state index in [0.29, 0.717) is 17.0 Å². The highest BCUT2D eigenvalue weighted by Crippen LogP contribution is 2.37. The van der Waals surface area contributed by atoms with Gasteiger partial charge in [0, 0.05) is 59.6 Å². The number of imide groups is 1. The first kappa shape index (κ1) is 37.2. The highest BCUT2D eigenvalue weighted by atomic mass is 35.5. The number of cyclic esters (lactones) is 1. The molecule has 0 bridgehead atoms. The molecule has 12 heteroatoms. The molecule has 54 heavy (non-hydrogen) atoms. The lowest BCUT2D eigenvalue weighted by atomic mass is 10.2. The smallest absolute Gasteiger partial charge is 0.422 e. The zero-order valence-corrected chi connectivity index (χ0v) is 29.0. The van der Waals surface area contributed by atoms with Crippen molar-refractivity contribution in [3.8, 4) is 113 Å². The second kappa shape index (κ2) is 17.7. The van der Waals surface area contributed by atoms with Crippen molar-refractivity contribution < 1.29 is 32.3 Å². The molecule has 2 heterocycles. The number of rotatable bonds is 6. The van der Waals surface area contributed by atoms with Crippen molar-refractivity contribution in [2.24, 2.45) is 0 Å². The van der Waals surface area contributed by atoms with Crippen LogP contribution in [0, 0.1) is 107 Å². The third-order valence-corrected chi connectivity index (χ3v) is 8.68. The van der Waals surface area contributed by atoms with E-state index < -0.39 is 34.0 Å². The Hall–Kier alpha value is -8.05. The lowest BCUT2D eigenvalue weighted by Gasteiger charge is -2.19. The van der Waals surface area contributed by atoms with E-state index in [1.807, 2.05) is 12.1 Å². The Morgan fingerprint density at radius 3 is 2.04 bits per heavy atom. The molecule has 5 rings (SSSR count). The van der Waals surface area contributed by atoms with Gasteiger partial charge in [-0.2, -0.15) is 0 Å². The van der Waals surface area contributed by atoms with Gasteiger partial charge in [-0.15, -0.1) is 6.42 Å². The Kier molecular flexibility index (Phi) is 12.2. The van der Waals surface area contributed by atoms with Crippen molar-refractivity contribution in [2.45, 2.75) is 17.4 Å². The van der Waals surface area contributed by atoms with Crippen molar-refractivity contribution >= 4 is 56.6 Å². The SMILES string of the molecule is C#CC#CC#CC#CC#CC#CC#CC#CC#COc1ccc(S(=O)(=O)Nc2ccccc2Cl)cc1N1C(=O)OC(C(=O)N2CCc3ccccc32)C1=O. The van der Waals surface area contributed by atoms with E-state index in [-0.39, 0.29) is 33.6 Å². The van der Waals surface area contributed by atoms with E-state index in [2.05, 4.69) is 106 Å². The first-order valence-electron chi connectivity index (χ1n) is 15.2. The average Bonchev–Trinajstić information content (AvgIpc) is 3.73. The van der Waals surface area contributed by atoms with Crippen molar-refractivity contribution in [2.75, 3.05) is 21.1 Å². The Labute approximate surface area is 316 Å². The van der Waals surface area contributed by atoms with Crippen LogP contribution in [-0.4, -0.2) is 39.0 Å². The number of fused-ring (bicyclic) bond motifs is 1. The summed E-state index contributed by atoms with van der Waals surface area (Å²) in [5.41, 5.74) is 1.20. The summed E-state index contributed by atoms with van der Waals surface area (Å²) in [5, 5.41) is 0.127. The fourth-order valence-corrected chi connectivity index (χ4v) is 6.05. The molecule has 0 radical (unpaired) electrons. The van der Waals surface area contributed by atoms with Crippen molar-refractivity contribution in [3.05, 3.63) is 77.3 Å². The fourth-order valence-electron chi connectivity index (χ4n) is 4.71. The zero-order chi connectivity index (χ0) is 38.3. The van der Waals surface area contributed by atoms with Crippen molar-refractivity contribution in [1.82, 2.24) is 0 Å². The van der Waals surface area contributed by atoms with Crippen LogP contribution in [-0.2, 0) is 30.8 Å². The third kappa shape index (κ3) is 9.19. The van der Waals surface area contributed by atoms with Gasteiger partial charge in [0.1, 0.15) is 11.8 Å². The summed E-state index contributed by atoms with van der Waals surface area (Å²) in [7, 11) is -4.34. The number of sulfonamides is 1. The molecule has 256 valence electrons. The van der Waals surface area contributed by atoms with Crippen LogP contribution >= 0.6 is 11.6 Å². The zero-order valence-electron chi connectivity index (χ0n) is 27.5. The van der Waals surface area contributed by atoms with Gasteiger partial charge in [-0.1, -0.05) is 41.9 Å². The topological polar surface area (TPSA) is 122 Å². The molecule has 0 aromatic heterocycles. The van der Waals surface area contributed by atoms with Gasteiger partial charge in [-0.25, -0.2) is 18.1 Å². The Morgan fingerprint density at radius 1 is 0.796 bits per heavy atom. The van der Waals surface area contributed by atoms with Crippen molar-refractivity contribution in [1.29, 1.82) is 0 Å². The maximum atomic E-state index is 13.7. The van der Waals surface area contributed by atoms with Gasteiger partial charge >= 0.3 is 6.09 Å². The maximum absolute atomic E-state index is 13.7. The second-order valence-corrected chi connectivity index (χ2v) is 12.3. The van der Waals surface area contributed by atoms with Crippen LogP contribution < -0.4 is 19.3 Å². The number of nitrogens with one attached hydrogen (secondary N) is 1. The fraction of sp³-hybridized carbons (Fsp3) is 0.0714. The van der Waals surface area contributed by atoms with Crippen LogP contribution in [0.4, 0.5) is 21.9 Å². The summed E-state index contributed by atoms with van der Waals surface area (Å²) in [6.45, 7) is 0.272. The van der Waals surface area contributed by atoms with E-state index >= 15 is 0 Å². The van der Waals surface area contributed by atoms with E-state index in [1.165, 1.54) is 23.1 Å². The van der Waals surface area contributed by atoms with Gasteiger partial charge in [0.25, 0.3) is 27.9 Å². The molecule has 0 saturated carbocycles. The summed E-state index contributed by atoms with van der Waals surface area (Å²) in [5.74, 6) is 36.5. The lowest BCUT2D eigenvalue weighted by molar-refractivity contribution is -0.134. The highest BCUT2D eigenvalue weighted by molar-refractivity contribution is 7.92. The summed E-state index contributed by atoms with van der Waals surface area (Å²) in [6, 6.07) is 16.6. The van der Waals surface area contributed by atoms with Gasteiger partial charge in [0.15, 0.2) is 5.75 Å². The monoisotopic (exact) mass is 743 g/mol. The first-order valence-corrected chi connectivity index (χ1v) is 17.0. The number of para-hydroxylation sites is 2. The molecule has 3 amide bonds. The van der Waals surface area contributed by atoms with Gasteiger partial charge in [0.05, 0.1) is 15.6 Å². The average molecular weight is 744 g/mol. The van der Waals surface area contributed by atoms with Gasteiger partial charge < -0.3 is 14.4 Å². The number of carbonyl (C=O) groups excluding carboxylic acids is 3. The molecule has 3 aromatic carbocycles. The Morgan fingerprint density at radius 2 is 1.39 bits per heavy atom. The molecular weight excluding hydrogens is 726 g/mol. The molecular formula is C42H18ClN3O7S.